The van der Waals surface area contributed by atoms with E-state index < -0.39 is 0 Å². The van der Waals surface area contributed by atoms with E-state index in [0.29, 0.717) is 33.9 Å². The van der Waals surface area contributed by atoms with E-state index in [0.717, 1.165) is 5.57 Å². The quantitative estimate of drug-likeness (QED) is 0.645. The van der Waals surface area contributed by atoms with Gasteiger partial charge in [0.2, 0.25) is 0 Å². The lowest BCUT2D eigenvalue weighted by atomic mass is 10.2. The summed E-state index contributed by atoms with van der Waals surface area (Å²) >= 11 is 11.2. The van der Waals surface area contributed by atoms with Gasteiger partial charge in [-0.2, -0.15) is 0 Å². The second-order valence-electron chi connectivity index (χ2n) is 3.95. The number of thiocarbonyl (C=S) groups is 1. The summed E-state index contributed by atoms with van der Waals surface area (Å²) in [6.45, 7) is 6.32. The molecule has 0 amide bonds. The largest absolute Gasteiger partial charge is 0.495 e. The van der Waals surface area contributed by atoms with Crippen molar-refractivity contribution < 1.29 is 9.47 Å². The Balaban J connectivity index is 2.85. The molecule has 0 radical (unpaired) electrons. The van der Waals surface area contributed by atoms with Crippen LogP contribution in [0.1, 0.15) is 6.92 Å². The Morgan fingerprint density at radius 1 is 1.32 bits per heavy atom. The van der Waals surface area contributed by atoms with Crippen molar-refractivity contribution in [2.75, 3.05) is 26.1 Å². The zero-order valence-corrected chi connectivity index (χ0v) is 12.7. The predicted octanol–water partition coefficient (Wildman–Crippen LogP) is 3.22. The number of ether oxygens (including phenoxy) is 2. The molecular formula is C13H17ClN2O2S. The minimum Gasteiger partial charge on any atom is -0.495 e. The zero-order valence-electron chi connectivity index (χ0n) is 11.2. The number of halogens is 1. The Bertz CT molecular complexity index is 492. The van der Waals surface area contributed by atoms with E-state index in [1.165, 1.54) is 0 Å². The van der Waals surface area contributed by atoms with E-state index in [1.54, 1.807) is 26.4 Å². The van der Waals surface area contributed by atoms with Gasteiger partial charge in [-0.3, -0.25) is 0 Å². The normalized spacial score (nSPS) is 9.68. The van der Waals surface area contributed by atoms with E-state index in [9.17, 15) is 0 Å². The number of nitrogens with one attached hydrogen (secondary N) is 2. The third-order valence-corrected chi connectivity index (χ3v) is 2.81. The molecule has 0 aromatic heterocycles. The van der Waals surface area contributed by atoms with Crippen molar-refractivity contribution in [2.45, 2.75) is 6.92 Å². The van der Waals surface area contributed by atoms with Crippen molar-refractivity contribution in [3.05, 3.63) is 29.3 Å². The molecule has 4 nitrogen and oxygen atoms in total. The molecule has 19 heavy (non-hydrogen) atoms. The number of anilines is 1. The molecule has 0 aliphatic carbocycles. The fourth-order valence-electron chi connectivity index (χ4n) is 1.36. The molecule has 1 aromatic carbocycles. The van der Waals surface area contributed by atoms with E-state index in [1.807, 2.05) is 6.92 Å². The maximum absolute atomic E-state index is 6.07. The van der Waals surface area contributed by atoms with Crippen LogP contribution in [0.5, 0.6) is 11.5 Å². The third kappa shape index (κ3) is 4.61. The van der Waals surface area contributed by atoms with Gasteiger partial charge < -0.3 is 20.1 Å². The van der Waals surface area contributed by atoms with Crippen molar-refractivity contribution in [1.82, 2.24) is 5.32 Å². The van der Waals surface area contributed by atoms with Crippen LogP contribution in [0, 0.1) is 0 Å². The molecule has 0 heterocycles. The summed E-state index contributed by atoms with van der Waals surface area (Å²) in [4.78, 5) is 0. The first-order valence-electron chi connectivity index (χ1n) is 5.58. The number of methoxy groups -OCH3 is 2. The predicted molar refractivity (Wildman–Crippen MR) is 83.6 cm³/mol. The number of rotatable bonds is 5. The lowest BCUT2D eigenvalue weighted by molar-refractivity contribution is 0.396. The minimum absolute atomic E-state index is 0.475. The molecule has 0 saturated carbocycles. The summed E-state index contributed by atoms with van der Waals surface area (Å²) in [5, 5.41) is 7.00. The second kappa shape index (κ2) is 7.21. The van der Waals surface area contributed by atoms with Crippen molar-refractivity contribution >= 4 is 34.6 Å². The van der Waals surface area contributed by atoms with Gasteiger partial charge in [-0.1, -0.05) is 23.8 Å². The molecule has 1 rings (SSSR count). The molecule has 0 aliphatic rings. The molecular weight excluding hydrogens is 284 g/mol. The lowest BCUT2D eigenvalue weighted by Gasteiger charge is -2.15. The fraction of sp³-hybridized carbons (Fsp3) is 0.308. The summed E-state index contributed by atoms with van der Waals surface area (Å²) in [5.74, 6) is 1.14. The van der Waals surface area contributed by atoms with E-state index in [-0.39, 0.29) is 0 Å². The van der Waals surface area contributed by atoms with Crippen LogP contribution >= 0.6 is 23.8 Å². The SMILES string of the molecule is C=C(C)CNC(=S)Nc1cc(Cl)c(OC)cc1OC. The van der Waals surface area contributed by atoms with Crippen LogP contribution in [-0.2, 0) is 0 Å². The molecule has 0 spiro atoms. The molecule has 104 valence electrons. The summed E-state index contributed by atoms with van der Waals surface area (Å²) in [6, 6.07) is 3.40. The van der Waals surface area contributed by atoms with Gasteiger partial charge in [0.25, 0.3) is 0 Å². The molecule has 2 N–H and O–H groups in total. The first-order valence-corrected chi connectivity index (χ1v) is 6.37. The van der Waals surface area contributed by atoms with Gasteiger partial charge in [0.05, 0.1) is 24.9 Å². The summed E-state index contributed by atoms with van der Waals surface area (Å²) in [7, 11) is 3.12. The molecule has 6 heteroatoms. The second-order valence-corrected chi connectivity index (χ2v) is 4.77. The van der Waals surface area contributed by atoms with Gasteiger partial charge in [0.15, 0.2) is 5.11 Å². The third-order valence-electron chi connectivity index (χ3n) is 2.27. The molecule has 0 fully saturated rings. The van der Waals surface area contributed by atoms with Crippen LogP contribution in [0.3, 0.4) is 0 Å². The lowest BCUT2D eigenvalue weighted by Crippen LogP contribution is -2.29. The molecule has 1 aromatic rings. The highest BCUT2D eigenvalue weighted by Crippen LogP contribution is 2.35. The first-order chi connectivity index (χ1) is 8.97. The summed E-state index contributed by atoms with van der Waals surface area (Å²) in [6.07, 6.45) is 0. The average Bonchev–Trinajstić information content (AvgIpc) is 2.36. The highest BCUT2D eigenvalue weighted by Gasteiger charge is 2.10. The molecule has 0 bridgehead atoms. The topological polar surface area (TPSA) is 42.5 Å². The molecule has 0 unspecified atom stereocenters. The maximum Gasteiger partial charge on any atom is 0.171 e. The Morgan fingerprint density at radius 2 is 1.95 bits per heavy atom. The first kappa shape index (κ1) is 15.6. The zero-order chi connectivity index (χ0) is 14.4. The Kier molecular flexibility index (Phi) is 5.92. The monoisotopic (exact) mass is 300 g/mol. The van der Waals surface area contributed by atoms with Crippen LogP contribution in [0.15, 0.2) is 24.3 Å². The van der Waals surface area contributed by atoms with Crippen molar-refractivity contribution in [3.63, 3.8) is 0 Å². The van der Waals surface area contributed by atoms with Gasteiger partial charge in [0, 0.05) is 12.6 Å². The Hall–Kier alpha value is -1.46. The van der Waals surface area contributed by atoms with Gasteiger partial charge in [-0.15, -0.1) is 0 Å². The standard InChI is InChI=1S/C13H17ClN2O2S/c1-8(2)7-15-13(19)16-10-5-9(14)11(17-3)6-12(10)18-4/h5-6H,1,7H2,2-4H3,(H2,15,16,19). The van der Waals surface area contributed by atoms with Gasteiger partial charge in [-0.05, 0) is 25.2 Å². The van der Waals surface area contributed by atoms with E-state index in [2.05, 4.69) is 17.2 Å². The highest BCUT2D eigenvalue weighted by atomic mass is 35.5. The van der Waals surface area contributed by atoms with Crippen LogP contribution in [0.2, 0.25) is 5.02 Å². The highest BCUT2D eigenvalue weighted by molar-refractivity contribution is 7.80. The van der Waals surface area contributed by atoms with Crippen LogP contribution < -0.4 is 20.1 Å². The van der Waals surface area contributed by atoms with Crippen molar-refractivity contribution in [1.29, 1.82) is 0 Å². The molecule has 0 aliphatic heterocycles. The Labute approximate surface area is 123 Å². The van der Waals surface area contributed by atoms with E-state index in [4.69, 9.17) is 33.3 Å². The Morgan fingerprint density at radius 3 is 2.47 bits per heavy atom. The van der Waals surface area contributed by atoms with Gasteiger partial charge in [0.1, 0.15) is 11.5 Å². The van der Waals surface area contributed by atoms with Crippen LogP contribution in [-0.4, -0.2) is 25.9 Å². The van der Waals surface area contributed by atoms with E-state index >= 15 is 0 Å². The maximum atomic E-state index is 6.07. The number of hydrogen-bond acceptors (Lipinski definition) is 3. The summed E-state index contributed by atoms with van der Waals surface area (Å²) in [5.41, 5.74) is 1.66. The van der Waals surface area contributed by atoms with Crippen molar-refractivity contribution in [3.8, 4) is 11.5 Å². The number of benzene rings is 1. The van der Waals surface area contributed by atoms with Gasteiger partial charge >= 0.3 is 0 Å². The smallest absolute Gasteiger partial charge is 0.171 e. The van der Waals surface area contributed by atoms with Gasteiger partial charge in [-0.25, -0.2) is 0 Å². The molecule has 0 saturated heterocycles. The van der Waals surface area contributed by atoms with Crippen LogP contribution in [0.25, 0.3) is 0 Å². The summed E-state index contributed by atoms with van der Waals surface area (Å²) < 4.78 is 10.4. The van der Waals surface area contributed by atoms with Crippen LogP contribution in [0.4, 0.5) is 5.69 Å². The fourth-order valence-corrected chi connectivity index (χ4v) is 1.78. The average molecular weight is 301 g/mol. The molecule has 0 atom stereocenters. The number of hydrogen-bond donors (Lipinski definition) is 2. The van der Waals surface area contributed by atoms with Crippen molar-refractivity contribution in [2.24, 2.45) is 0 Å². The minimum atomic E-state index is 0.475.